The molecule has 1 N–H and O–H groups in total. The standard InChI is InChI=1S/C26H24ClN3O6/c1-26(2,3)36-29(15-31)22-14-21(19(10-11-27)18-6-4-5-7-20(18)22)28-25(32)24-13-16-12-17(30(33)34)8-9-23(16)35-24/h4-9,12-15H,10-11H2,1-3H3,(H,28,32). The first kappa shape index (κ1) is 25.2. The van der Waals surface area contributed by atoms with Gasteiger partial charge in [0.2, 0.25) is 6.41 Å². The minimum atomic E-state index is -0.656. The molecular weight excluding hydrogens is 486 g/mol. The Morgan fingerprint density at radius 2 is 1.89 bits per heavy atom. The van der Waals surface area contributed by atoms with E-state index < -0.39 is 16.4 Å². The molecule has 0 saturated carbocycles. The zero-order valence-corrected chi connectivity index (χ0v) is 20.7. The van der Waals surface area contributed by atoms with Gasteiger partial charge in [-0.15, -0.1) is 11.6 Å². The first-order valence-corrected chi connectivity index (χ1v) is 11.7. The number of alkyl halides is 1. The molecule has 0 saturated heterocycles. The Labute approximate surface area is 211 Å². The molecule has 0 unspecified atom stereocenters. The lowest BCUT2D eigenvalue weighted by atomic mass is 9.98. The van der Waals surface area contributed by atoms with Crippen molar-refractivity contribution in [3.8, 4) is 0 Å². The van der Waals surface area contributed by atoms with Crippen molar-refractivity contribution >= 4 is 62.7 Å². The van der Waals surface area contributed by atoms with Gasteiger partial charge in [0.1, 0.15) is 5.58 Å². The molecule has 0 aliphatic heterocycles. The Morgan fingerprint density at radius 1 is 1.17 bits per heavy atom. The van der Waals surface area contributed by atoms with E-state index in [1.54, 1.807) is 6.07 Å². The first-order chi connectivity index (χ1) is 17.1. The number of hydrogen-bond donors (Lipinski definition) is 1. The third kappa shape index (κ3) is 5.17. The van der Waals surface area contributed by atoms with E-state index in [1.807, 2.05) is 45.0 Å². The van der Waals surface area contributed by atoms with Gasteiger partial charge in [-0.1, -0.05) is 24.3 Å². The number of non-ortho nitro benzene ring substituents is 1. The molecule has 0 aliphatic rings. The second-order valence-electron chi connectivity index (χ2n) is 9.09. The molecule has 10 heteroatoms. The highest BCUT2D eigenvalue weighted by atomic mass is 35.5. The van der Waals surface area contributed by atoms with Crippen LogP contribution in [-0.2, 0) is 16.1 Å². The molecule has 186 valence electrons. The van der Waals surface area contributed by atoms with E-state index in [1.165, 1.54) is 24.3 Å². The number of anilines is 2. The summed E-state index contributed by atoms with van der Waals surface area (Å²) in [4.78, 5) is 41.6. The number of carbonyl (C=O) groups is 2. The zero-order valence-electron chi connectivity index (χ0n) is 19.9. The summed E-state index contributed by atoms with van der Waals surface area (Å²) in [5, 5.41) is 17.1. The number of rotatable bonds is 8. The average Bonchev–Trinajstić information content (AvgIpc) is 3.27. The normalized spacial score (nSPS) is 11.6. The average molecular weight is 510 g/mol. The summed E-state index contributed by atoms with van der Waals surface area (Å²) in [6.45, 7) is 5.46. The maximum absolute atomic E-state index is 13.2. The number of nitrogens with zero attached hydrogens (tertiary/aromatic N) is 2. The van der Waals surface area contributed by atoms with E-state index in [0.717, 1.165) is 21.4 Å². The molecule has 2 amide bonds. The summed E-state index contributed by atoms with van der Waals surface area (Å²) in [5.41, 5.74) is 1.25. The smallest absolute Gasteiger partial charge is 0.291 e. The van der Waals surface area contributed by atoms with Gasteiger partial charge in [0.05, 0.1) is 16.2 Å². The second-order valence-corrected chi connectivity index (χ2v) is 9.46. The van der Waals surface area contributed by atoms with Crippen LogP contribution in [0.25, 0.3) is 21.7 Å². The molecule has 9 nitrogen and oxygen atoms in total. The lowest BCUT2D eigenvalue weighted by molar-refractivity contribution is -0.384. The third-order valence-corrected chi connectivity index (χ3v) is 5.56. The molecule has 4 rings (SSSR count). The van der Waals surface area contributed by atoms with Crippen LogP contribution in [-0.4, -0.2) is 28.7 Å². The summed E-state index contributed by atoms with van der Waals surface area (Å²) < 4.78 is 5.64. The van der Waals surface area contributed by atoms with E-state index in [-0.39, 0.29) is 11.4 Å². The van der Waals surface area contributed by atoms with Crippen LogP contribution in [0, 0.1) is 10.1 Å². The summed E-state index contributed by atoms with van der Waals surface area (Å²) >= 11 is 6.09. The van der Waals surface area contributed by atoms with Gasteiger partial charge in [0.25, 0.3) is 11.6 Å². The molecule has 36 heavy (non-hydrogen) atoms. The van der Waals surface area contributed by atoms with Gasteiger partial charge in [0.15, 0.2) is 5.76 Å². The second kappa shape index (κ2) is 9.96. The molecular formula is C26H24ClN3O6. The largest absolute Gasteiger partial charge is 0.451 e. The Kier molecular flexibility index (Phi) is 6.96. The number of halogens is 1. The van der Waals surface area contributed by atoms with Crippen LogP contribution >= 0.6 is 11.6 Å². The van der Waals surface area contributed by atoms with Crippen LogP contribution in [0.1, 0.15) is 36.9 Å². The number of carbonyl (C=O) groups excluding carboxylic acids is 2. The number of fused-ring (bicyclic) bond motifs is 2. The number of benzene rings is 3. The molecule has 3 aromatic carbocycles. The lowest BCUT2D eigenvalue weighted by Gasteiger charge is -2.28. The van der Waals surface area contributed by atoms with E-state index >= 15 is 0 Å². The topological polar surface area (TPSA) is 115 Å². The Balaban J connectivity index is 1.80. The van der Waals surface area contributed by atoms with Crippen molar-refractivity contribution in [2.24, 2.45) is 0 Å². The molecule has 0 spiro atoms. The summed E-state index contributed by atoms with van der Waals surface area (Å²) in [5.74, 6) is -0.272. The number of nitro groups is 1. The highest BCUT2D eigenvalue weighted by Gasteiger charge is 2.23. The fourth-order valence-electron chi connectivity index (χ4n) is 3.94. The molecule has 1 heterocycles. The van der Waals surface area contributed by atoms with Crippen molar-refractivity contribution in [1.82, 2.24) is 0 Å². The van der Waals surface area contributed by atoms with Crippen LogP contribution < -0.4 is 10.4 Å². The third-order valence-electron chi connectivity index (χ3n) is 5.37. The lowest BCUT2D eigenvalue weighted by Crippen LogP contribution is -2.33. The molecule has 0 radical (unpaired) electrons. The zero-order chi connectivity index (χ0) is 26.0. The van der Waals surface area contributed by atoms with Crippen molar-refractivity contribution in [3.05, 3.63) is 76.0 Å². The Bertz CT molecular complexity index is 1470. The minimum absolute atomic E-state index is 0.0183. The predicted molar refractivity (Wildman–Crippen MR) is 139 cm³/mol. The minimum Gasteiger partial charge on any atom is -0.451 e. The maximum atomic E-state index is 13.2. The van der Waals surface area contributed by atoms with Crippen LogP contribution in [0.3, 0.4) is 0 Å². The van der Waals surface area contributed by atoms with Gasteiger partial charge >= 0.3 is 0 Å². The van der Waals surface area contributed by atoms with Gasteiger partial charge in [-0.25, -0.2) is 0 Å². The monoisotopic (exact) mass is 509 g/mol. The van der Waals surface area contributed by atoms with Crippen LogP contribution in [0.2, 0.25) is 0 Å². The van der Waals surface area contributed by atoms with E-state index in [9.17, 15) is 19.7 Å². The fraction of sp³-hybridized carbons (Fsp3) is 0.231. The predicted octanol–water partition coefficient (Wildman–Crippen LogP) is 6.22. The SMILES string of the molecule is CC(C)(C)ON(C=O)c1cc(NC(=O)c2cc3cc([N+](=O)[O-])ccc3o2)c(CCCl)c2ccccc12. The van der Waals surface area contributed by atoms with E-state index in [0.29, 0.717) is 41.1 Å². The van der Waals surface area contributed by atoms with E-state index in [2.05, 4.69) is 5.32 Å². The van der Waals surface area contributed by atoms with Gasteiger partial charge in [0, 0.05) is 34.5 Å². The van der Waals surface area contributed by atoms with Crippen molar-refractivity contribution in [1.29, 1.82) is 0 Å². The molecule has 0 aliphatic carbocycles. The summed E-state index contributed by atoms with van der Waals surface area (Å²) in [6, 6.07) is 14.7. The molecule has 1 aromatic heterocycles. The van der Waals surface area contributed by atoms with Crippen molar-refractivity contribution in [3.63, 3.8) is 0 Å². The first-order valence-electron chi connectivity index (χ1n) is 11.1. The van der Waals surface area contributed by atoms with Gasteiger partial charge in [-0.2, -0.15) is 5.06 Å². The molecule has 0 atom stereocenters. The van der Waals surface area contributed by atoms with Crippen LogP contribution in [0.5, 0.6) is 0 Å². The van der Waals surface area contributed by atoms with Gasteiger partial charge < -0.3 is 9.73 Å². The summed E-state index contributed by atoms with van der Waals surface area (Å²) in [6.07, 6.45) is 1.03. The van der Waals surface area contributed by atoms with Crippen LogP contribution in [0.4, 0.5) is 17.1 Å². The number of nitrogens with one attached hydrogen (secondary N) is 1. The Hall–Kier alpha value is -3.95. The number of nitro benzene ring substituents is 1. The van der Waals surface area contributed by atoms with E-state index in [4.69, 9.17) is 20.9 Å². The van der Waals surface area contributed by atoms with Crippen molar-refractivity contribution in [2.45, 2.75) is 32.8 Å². The number of hydrogen-bond acceptors (Lipinski definition) is 6. The van der Waals surface area contributed by atoms with Crippen molar-refractivity contribution < 1.29 is 23.8 Å². The number of aryl methyl sites for hydroxylation is 1. The highest BCUT2D eigenvalue weighted by Crippen LogP contribution is 2.37. The van der Waals surface area contributed by atoms with Crippen molar-refractivity contribution in [2.75, 3.05) is 16.3 Å². The number of amides is 2. The highest BCUT2D eigenvalue weighted by molar-refractivity contribution is 6.18. The summed E-state index contributed by atoms with van der Waals surface area (Å²) in [7, 11) is 0. The Morgan fingerprint density at radius 3 is 2.53 bits per heavy atom. The maximum Gasteiger partial charge on any atom is 0.291 e. The molecule has 4 aromatic rings. The van der Waals surface area contributed by atoms with Crippen LogP contribution in [0.15, 0.2) is 59.0 Å². The van der Waals surface area contributed by atoms with Gasteiger partial charge in [-0.05, 0) is 56.3 Å². The fourth-order valence-corrected chi connectivity index (χ4v) is 4.13. The number of hydroxylamine groups is 1. The molecule has 0 bridgehead atoms. The quantitative estimate of drug-likeness (QED) is 0.130. The number of furan rings is 1. The molecule has 0 fully saturated rings. The van der Waals surface area contributed by atoms with Gasteiger partial charge in [-0.3, -0.25) is 24.5 Å².